The first-order valence-electron chi connectivity index (χ1n) is 13.4. The van der Waals surface area contributed by atoms with Crippen LogP contribution in [-0.4, -0.2) is 68.0 Å². The number of benzene rings is 3. The number of nitrogens with zero attached hydrogens (tertiary/aromatic N) is 5. The van der Waals surface area contributed by atoms with Crippen LogP contribution in [0.15, 0.2) is 65.5 Å². The molecule has 1 fully saturated rings. The first-order valence-corrected chi connectivity index (χ1v) is 13.8. The van der Waals surface area contributed by atoms with Gasteiger partial charge in [-0.3, -0.25) is 9.69 Å². The predicted molar refractivity (Wildman–Crippen MR) is 162 cm³/mol. The van der Waals surface area contributed by atoms with Crippen LogP contribution >= 0.6 is 11.6 Å². The maximum Gasteiger partial charge on any atom is 0.327 e. The van der Waals surface area contributed by atoms with Gasteiger partial charge in [0.15, 0.2) is 5.82 Å². The molecule has 0 aliphatic carbocycles. The van der Waals surface area contributed by atoms with E-state index in [1.54, 1.807) is 48.0 Å². The monoisotopic (exact) mass is 594 g/mol. The van der Waals surface area contributed by atoms with Crippen molar-refractivity contribution >= 4 is 39.9 Å². The summed E-state index contributed by atoms with van der Waals surface area (Å²) in [5.41, 5.74) is 0.959. The Balaban J connectivity index is 1.69. The molecule has 1 aliphatic heterocycles. The summed E-state index contributed by atoms with van der Waals surface area (Å²) in [6.45, 7) is 4.47. The van der Waals surface area contributed by atoms with Gasteiger partial charge < -0.3 is 24.7 Å². The molecule has 42 heavy (non-hydrogen) atoms. The van der Waals surface area contributed by atoms with E-state index >= 15 is 0 Å². The fraction of sp³-hybridized carbons (Fsp3) is 0.300. The van der Waals surface area contributed by atoms with Gasteiger partial charge in [-0.05, 0) is 68.6 Å². The van der Waals surface area contributed by atoms with Crippen molar-refractivity contribution in [3.63, 3.8) is 0 Å². The van der Waals surface area contributed by atoms with E-state index in [-0.39, 0.29) is 5.56 Å². The maximum absolute atomic E-state index is 14.0. The van der Waals surface area contributed by atoms with Crippen molar-refractivity contribution in [3.8, 4) is 11.5 Å². The topological polar surface area (TPSA) is 92.2 Å². The molecule has 1 atom stereocenters. The van der Waals surface area contributed by atoms with Gasteiger partial charge in [0.25, 0.3) is 5.56 Å². The Labute approximate surface area is 247 Å². The third kappa shape index (κ3) is 5.83. The molecule has 3 aromatic carbocycles. The summed E-state index contributed by atoms with van der Waals surface area (Å²) in [4.78, 5) is 36.6. The van der Waals surface area contributed by atoms with Gasteiger partial charge in [-0.25, -0.2) is 18.8 Å². The standard InChI is InChI=1S/C30H32ClFN6O4/c1-19(28-34-25-17-20(31)5-11-24(25)29(39)38(28)36-15-13-35(2)14-16-36)37(26-12-10-23(41-3)18-27(26)42-4)30(40)33-22-8-6-21(32)7-9-22/h5-12,17-19H,13-16H2,1-4H3,(H,33,40). The normalized spacial score (nSPS) is 14.5. The van der Waals surface area contributed by atoms with Crippen molar-refractivity contribution in [2.45, 2.75) is 13.0 Å². The number of urea groups is 1. The number of likely N-dealkylation sites (N-methyl/N-ethyl adjacent to an activating group) is 1. The van der Waals surface area contributed by atoms with Gasteiger partial charge in [0.2, 0.25) is 0 Å². The number of aromatic nitrogens is 2. The average Bonchev–Trinajstić information content (AvgIpc) is 2.99. The smallest absolute Gasteiger partial charge is 0.327 e. The lowest BCUT2D eigenvalue weighted by molar-refractivity contribution is 0.253. The van der Waals surface area contributed by atoms with Crippen LogP contribution in [0.3, 0.4) is 0 Å². The molecule has 2 amide bonds. The molecule has 1 unspecified atom stereocenters. The molecule has 1 saturated heterocycles. The third-order valence-corrected chi connectivity index (χ3v) is 7.55. The molecule has 0 saturated carbocycles. The van der Waals surface area contributed by atoms with E-state index in [4.69, 9.17) is 26.1 Å². The number of piperazine rings is 1. The van der Waals surface area contributed by atoms with E-state index in [2.05, 4.69) is 10.2 Å². The zero-order chi connectivity index (χ0) is 30.0. The van der Waals surface area contributed by atoms with E-state index in [1.165, 1.54) is 43.4 Å². The van der Waals surface area contributed by atoms with Gasteiger partial charge in [-0.2, -0.15) is 0 Å². The van der Waals surface area contributed by atoms with Crippen LogP contribution in [0.1, 0.15) is 18.8 Å². The van der Waals surface area contributed by atoms with Crippen molar-refractivity contribution in [1.82, 2.24) is 14.6 Å². The molecule has 0 spiro atoms. The van der Waals surface area contributed by atoms with Gasteiger partial charge in [-0.15, -0.1) is 0 Å². The number of carbonyl (C=O) groups excluding carboxylic acids is 1. The predicted octanol–water partition coefficient (Wildman–Crippen LogP) is 4.89. The second kappa shape index (κ2) is 12.3. The average molecular weight is 595 g/mol. The number of amides is 2. The highest BCUT2D eigenvalue weighted by Crippen LogP contribution is 2.37. The zero-order valence-corrected chi connectivity index (χ0v) is 24.6. The number of nitrogens with one attached hydrogen (secondary N) is 1. The Morgan fingerprint density at radius 1 is 1.02 bits per heavy atom. The van der Waals surface area contributed by atoms with Crippen LogP contribution in [0.25, 0.3) is 10.9 Å². The van der Waals surface area contributed by atoms with E-state index in [0.29, 0.717) is 57.7 Å². The second-order valence-electron chi connectivity index (χ2n) is 10.0. The minimum absolute atomic E-state index is 0.261. The lowest BCUT2D eigenvalue weighted by Gasteiger charge is -2.38. The van der Waals surface area contributed by atoms with Gasteiger partial charge in [-0.1, -0.05) is 11.6 Å². The van der Waals surface area contributed by atoms with Gasteiger partial charge in [0.1, 0.15) is 17.3 Å². The largest absolute Gasteiger partial charge is 0.497 e. The lowest BCUT2D eigenvalue weighted by Crippen LogP contribution is -2.55. The van der Waals surface area contributed by atoms with E-state index in [9.17, 15) is 14.0 Å². The number of halogens is 2. The summed E-state index contributed by atoms with van der Waals surface area (Å²) < 4.78 is 26.2. The molecule has 1 aliphatic rings. The zero-order valence-electron chi connectivity index (χ0n) is 23.8. The summed E-state index contributed by atoms with van der Waals surface area (Å²) in [6, 6.07) is 14.2. The number of rotatable bonds is 7. The van der Waals surface area contributed by atoms with E-state index < -0.39 is 17.9 Å². The number of hydrogen-bond acceptors (Lipinski definition) is 7. The van der Waals surface area contributed by atoms with Crippen molar-refractivity contribution in [3.05, 3.63) is 87.7 Å². The Kier molecular flexibility index (Phi) is 8.51. The van der Waals surface area contributed by atoms with Crippen molar-refractivity contribution < 1.29 is 18.7 Å². The number of methoxy groups -OCH3 is 2. The molecule has 1 N–H and O–H groups in total. The molecule has 0 radical (unpaired) electrons. The van der Waals surface area contributed by atoms with Gasteiger partial charge >= 0.3 is 6.03 Å². The first kappa shape index (κ1) is 29.2. The molecule has 1 aromatic heterocycles. The van der Waals surface area contributed by atoms with Crippen molar-refractivity contribution in [2.75, 3.05) is 62.7 Å². The molecular weight excluding hydrogens is 563 g/mol. The molecule has 5 rings (SSSR count). The Hall–Kier alpha value is -4.35. The molecule has 0 bridgehead atoms. The van der Waals surface area contributed by atoms with Crippen LogP contribution in [0, 0.1) is 5.82 Å². The lowest BCUT2D eigenvalue weighted by atomic mass is 10.1. The molecule has 220 valence electrons. The highest BCUT2D eigenvalue weighted by atomic mass is 35.5. The van der Waals surface area contributed by atoms with Crippen LogP contribution in [0.2, 0.25) is 5.02 Å². The Morgan fingerprint density at radius 3 is 2.40 bits per heavy atom. The number of carbonyl (C=O) groups is 1. The maximum atomic E-state index is 14.0. The molecule has 12 heteroatoms. The molecular formula is C30H32ClFN6O4. The fourth-order valence-corrected chi connectivity index (χ4v) is 5.18. The Morgan fingerprint density at radius 2 is 1.74 bits per heavy atom. The quantitative estimate of drug-likeness (QED) is 0.326. The van der Waals surface area contributed by atoms with Crippen LogP contribution in [0.4, 0.5) is 20.6 Å². The minimum atomic E-state index is -0.788. The first-order chi connectivity index (χ1) is 20.2. The highest BCUT2D eigenvalue weighted by Gasteiger charge is 2.32. The van der Waals surface area contributed by atoms with Crippen LogP contribution in [-0.2, 0) is 0 Å². The van der Waals surface area contributed by atoms with Crippen molar-refractivity contribution in [1.29, 1.82) is 0 Å². The Bertz CT molecular complexity index is 1660. The van der Waals surface area contributed by atoms with Crippen LogP contribution in [0.5, 0.6) is 11.5 Å². The number of anilines is 2. The number of fused-ring (bicyclic) bond motifs is 1. The highest BCUT2D eigenvalue weighted by molar-refractivity contribution is 6.31. The SMILES string of the molecule is COc1ccc(N(C(=O)Nc2ccc(F)cc2)C(C)c2nc3cc(Cl)ccc3c(=O)n2N2CCN(C)CC2)c(OC)c1. The third-order valence-electron chi connectivity index (χ3n) is 7.32. The van der Waals surface area contributed by atoms with Gasteiger partial charge in [0, 0.05) is 43.0 Å². The van der Waals surface area contributed by atoms with Gasteiger partial charge in [0.05, 0.1) is 36.9 Å². The molecule has 4 aromatic rings. The number of hydrogen-bond donors (Lipinski definition) is 1. The molecule has 10 nitrogen and oxygen atoms in total. The van der Waals surface area contributed by atoms with Crippen LogP contribution < -0.4 is 30.3 Å². The summed E-state index contributed by atoms with van der Waals surface area (Å²) in [6.07, 6.45) is 0. The summed E-state index contributed by atoms with van der Waals surface area (Å²) in [7, 11) is 5.06. The summed E-state index contributed by atoms with van der Waals surface area (Å²) >= 11 is 6.29. The van der Waals surface area contributed by atoms with E-state index in [0.717, 1.165) is 13.1 Å². The van der Waals surface area contributed by atoms with E-state index in [1.807, 2.05) is 12.1 Å². The minimum Gasteiger partial charge on any atom is -0.497 e. The second-order valence-corrected chi connectivity index (χ2v) is 10.5. The number of ether oxygens (including phenoxy) is 2. The van der Waals surface area contributed by atoms with Crippen molar-refractivity contribution in [2.24, 2.45) is 0 Å². The fourth-order valence-electron chi connectivity index (χ4n) is 5.02. The summed E-state index contributed by atoms with van der Waals surface area (Å²) in [5, 5.41) is 5.65. The molecule has 2 heterocycles. The summed E-state index contributed by atoms with van der Waals surface area (Å²) in [5.74, 6) is 0.819.